The molecule has 1 saturated heterocycles. The summed E-state index contributed by atoms with van der Waals surface area (Å²) in [5, 5.41) is 6.30. The van der Waals surface area contributed by atoms with Crippen molar-refractivity contribution in [3.63, 3.8) is 0 Å². The summed E-state index contributed by atoms with van der Waals surface area (Å²) in [5.74, 6) is -0.318. The standard InChI is InChI=1S/C24H28FN5O2/c1-17-3-6-20(7-4-17)27-24(32)26-14-18-15-30(22-8-5-19(25)13-21(18)22)16-23(31)29-11-9-28(2)10-12-29/h3-8,13,15H,9-12,14,16H2,1-2H3,(H2,26,27,32). The number of aryl methyl sites for hydroxylation is 1. The van der Waals surface area contributed by atoms with E-state index in [2.05, 4.69) is 15.5 Å². The summed E-state index contributed by atoms with van der Waals surface area (Å²) in [6.45, 7) is 5.50. The predicted octanol–water partition coefficient (Wildman–Crippen LogP) is 3.18. The number of benzene rings is 2. The molecule has 2 N–H and O–H groups in total. The lowest BCUT2D eigenvalue weighted by Crippen LogP contribution is -2.48. The zero-order chi connectivity index (χ0) is 22.7. The topological polar surface area (TPSA) is 69.6 Å². The molecule has 0 aliphatic carbocycles. The first kappa shape index (κ1) is 21.8. The molecule has 1 aromatic heterocycles. The number of nitrogens with zero attached hydrogens (tertiary/aromatic N) is 3. The molecule has 1 fully saturated rings. The van der Waals surface area contributed by atoms with Gasteiger partial charge in [-0.1, -0.05) is 17.7 Å². The van der Waals surface area contributed by atoms with Gasteiger partial charge in [0.1, 0.15) is 12.4 Å². The molecular weight excluding hydrogens is 409 g/mol. The number of rotatable bonds is 5. The van der Waals surface area contributed by atoms with Crippen molar-refractivity contribution in [1.29, 1.82) is 0 Å². The summed E-state index contributed by atoms with van der Waals surface area (Å²) in [5.41, 5.74) is 3.32. The van der Waals surface area contributed by atoms with E-state index in [1.54, 1.807) is 6.07 Å². The minimum absolute atomic E-state index is 0.0379. The van der Waals surface area contributed by atoms with Crippen LogP contribution in [0.5, 0.6) is 0 Å². The van der Waals surface area contributed by atoms with Crippen LogP contribution in [0.25, 0.3) is 10.9 Å². The van der Waals surface area contributed by atoms with Gasteiger partial charge < -0.3 is 25.0 Å². The van der Waals surface area contributed by atoms with Gasteiger partial charge in [0.05, 0.1) is 0 Å². The Morgan fingerprint density at radius 3 is 2.47 bits per heavy atom. The number of aromatic nitrogens is 1. The van der Waals surface area contributed by atoms with Gasteiger partial charge in [0.15, 0.2) is 0 Å². The highest BCUT2D eigenvalue weighted by Crippen LogP contribution is 2.23. The monoisotopic (exact) mass is 437 g/mol. The van der Waals surface area contributed by atoms with E-state index in [0.29, 0.717) is 24.2 Å². The first-order valence-electron chi connectivity index (χ1n) is 10.7. The summed E-state index contributed by atoms with van der Waals surface area (Å²) in [4.78, 5) is 29.2. The third-order valence-electron chi connectivity index (χ3n) is 5.84. The Kier molecular flexibility index (Phi) is 6.41. The number of anilines is 1. The van der Waals surface area contributed by atoms with Crippen molar-refractivity contribution in [2.45, 2.75) is 20.0 Å². The molecule has 8 heteroatoms. The molecule has 0 unspecified atom stereocenters. The molecule has 3 aromatic rings. The third-order valence-corrected chi connectivity index (χ3v) is 5.84. The first-order chi connectivity index (χ1) is 15.4. The summed E-state index contributed by atoms with van der Waals surface area (Å²) in [7, 11) is 2.05. The average Bonchev–Trinajstić information content (AvgIpc) is 3.10. The van der Waals surface area contributed by atoms with E-state index < -0.39 is 0 Å². The molecule has 2 aromatic carbocycles. The van der Waals surface area contributed by atoms with Gasteiger partial charge in [-0.15, -0.1) is 0 Å². The smallest absolute Gasteiger partial charge is 0.319 e. The largest absolute Gasteiger partial charge is 0.339 e. The third kappa shape index (κ3) is 5.08. The maximum Gasteiger partial charge on any atom is 0.319 e. The first-order valence-corrected chi connectivity index (χ1v) is 10.7. The van der Waals surface area contributed by atoms with Crippen LogP contribution in [0.15, 0.2) is 48.7 Å². The van der Waals surface area contributed by atoms with Crippen molar-refractivity contribution in [2.75, 3.05) is 38.5 Å². The molecule has 4 rings (SSSR count). The summed E-state index contributed by atoms with van der Waals surface area (Å²) in [6.07, 6.45) is 1.82. The van der Waals surface area contributed by atoms with Gasteiger partial charge in [-0.3, -0.25) is 4.79 Å². The number of carbonyl (C=O) groups excluding carboxylic acids is 2. The van der Waals surface area contributed by atoms with E-state index in [9.17, 15) is 14.0 Å². The Balaban J connectivity index is 1.46. The zero-order valence-electron chi connectivity index (χ0n) is 18.4. The number of hydrogen-bond donors (Lipinski definition) is 2. The van der Waals surface area contributed by atoms with Crippen LogP contribution in [-0.4, -0.2) is 59.5 Å². The molecule has 1 aliphatic heterocycles. The fourth-order valence-corrected chi connectivity index (χ4v) is 3.90. The second-order valence-corrected chi connectivity index (χ2v) is 8.30. The lowest BCUT2D eigenvalue weighted by atomic mass is 10.1. The van der Waals surface area contributed by atoms with Crippen LogP contribution in [0, 0.1) is 12.7 Å². The van der Waals surface area contributed by atoms with Crippen LogP contribution in [0.3, 0.4) is 0 Å². The van der Waals surface area contributed by atoms with Crippen molar-refractivity contribution in [2.24, 2.45) is 0 Å². The van der Waals surface area contributed by atoms with Gasteiger partial charge in [-0.25, -0.2) is 9.18 Å². The number of hydrogen-bond acceptors (Lipinski definition) is 3. The Labute approximate surface area is 186 Å². The number of amides is 3. The number of piperazine rings is 1. The van der Waals surface area contributed by atoms with Crippen molar-refractivity contribution >= 4 is 28.5 Å². The Morgan fingerprint density at radius 2 is 1.75 bits per heavy atom. The van der Waals surface area contributed by atoms with Gasteiger partial charge in [0.2, 0.25) is 5.91 Å². The Morgan fingerprint density at radius 1 is 1.03 bits per heavy atom. The minimum Gasteiger partial charge on any atom is -0.339 e. The maximum absolute atomic E-state index is 13.9. The molecular formula is C24H28FN5O2. The van der Waals surface area contributed by atoms with Crippen LogP contribution >= 0.6 is 0 Å². The van der Waals surface area contributed by atoms with E-state index in [-0.39, 0.29) is 30.8 Å². The molecule has 0 bridgehead atoms. The SMILES string of the molecule is Cc1ccc(NC(=O)NCc2cn(CC(=O)N3CCN(C)CC3)c3ccc(F)cc23)cc1. The average molecular weight is 438 g/mol. The minimum atomic E-state index is -0.356. The second-order valence-electron chi connectivity index (χ2n) is 8.30. The molecule has 32 heavy (non-hydrogen) atoms. The molecule has 7 nitrogen and oxygen atoms in total. The normalized spacial score (nSPS) is 14.5. The van der Waals surface area contributed by atoms with Crippen molar-refractivity contribution in [3.8, 4) is 0 Å². The van der Waals surface area contributed by atoms with Crippen molar-refractivity contribution in [1.82, 2.24) is 19.7 Å². The molecule has 0 radical (unpaired) electrons. The number of nitrogens with one attached hydrogen (secondary N) is 2. The van der Waals surface area contributed by atoms with Gasteiger partial charge in [-0.2, -0.15) is 0 Å². The quantitative estimate of drug-likeness (QED) is 0.644. The van der Waals surface area contributed by atoms with Gasteiger partial charge in [0, 0.05) is 55.5 Å². The number of carbonyl (C=O) groups is 2. The molecule has 0 saturated carbocycles. The Hall–Kier alpha value is -3.39. The molecule has 1 aliphatic rings. The number of likely N-dealkylation sites (N-methyl/N-ethyl adjacent to an activating group) is 1. The highest BCUT2D eigenvalue weighted by molar-refractivity contribution is 5.90. The molecule has 0 spiro atoms. The number of halogens is 1. The summed E-state index contributed by atoms with van der Waals surface area (Å²) < 4.78 is 15.8. The van der Waals surface area contributed by atoms with Crippen LogP contribution in [0.2, 0.25) is 0 Å². The fourth-order valence-electron chi connectivity index (χ4n) is 3.90. The lowest BCUT2D eigenvalue weighted by molar-refractivity contribution is -0.133. The van der Waals surface area contributed by atoms with E-state index in [4.69, 9.17) is 0 Å². The molecule has 168 valence electrons. The highest BCUT2D eigenvalue weighted by Gasteiger charge is 2.20. The highest BCUT2D eigenvalue weighted by atomic mass is 19.1. The van der Waals surface area contributed by atoms with E-state index >= 15 is 0 Å². The molecule has 2 heterocycles. The maximum atomic E-state index is 13.9. The van der Waals surface area contributed by atoms with Gasteiger partial charge in [-0.05, 0) is 49.9 Å². The molecule has 0 atom stereocenters. The van der Waals surface area contributed by atoms with E-state index in [1.807, 2.05) is 53.9 Å². The van der Waals surface area contributed by atoms with E-state index in [0.717, 1.165) is 29.7 Å². The summed E-state index contributed by atoms with van der Waals surface area (Å²) in [6, 6.07) is 11.7. The second kappa shape index (κ2) is 9.40. The predicted molar refractivity (Wildman–Crippen MR) is 123 cm³/mol. The van der Waals surface area contributed by atoms with Crippen LogP contribution in [-0.2, 0) is 17.9 Å². The fraction of sp³-hybridized carbons (Fsp3) is 0.333. The van der Waals surface area contributed by atoms with E-state index in [1.165, 1.54) is 12.1 Å². The van der Waals surface area contributed by atoms with Crippen molar-refractivity contribution in [3.05, 3.63) is 65.6 Å². The lowest BCUT2D eigenvalue weighted by Gasteiger charge is -2.32. The number of urea groups is 1. The van der Waals surface area contributed by atoms with Crippen LogP contribution in [0.4, 0.5) is 14.9 Å². The van der Waals surface area contributed by atoms with Gasteiger partial charge in [0.25, 0.3) is 0 Å². The Bertz CT molecular complexity index is 1120. The summed E-state index contributed by atoms with van der Waals surface area (Å²) >= 11 is 0. The van der Waals surface area contributed by atoms with Crippen LogP contribution in [0.1, 0.15) is 11.1 Å². The van der Waals surface area contributed by atoms with Crippen LogP contribution < -0.4 is 10.6 Å². The molecule has 3 amide bonds. The van der Waals surface area contributed by atoms with Crippen molar-refractivity contribution < 1.29 is 14.0 Å². The zero-order valence-corrected chi connectivity index (χ0v) is 18.4. The van der Waals surface area contributed by atoms with Gasteiger partial charge >= 0.3 is 6.03 Å². The number of fused-ring (bicyclic) bond motifs is 1.